The number of rotatable bonds is 3. The van der Waals surface area contributed by atoms with Gasteiger partial charge < -0.3 is 0 Å². The molecule has 0 spiro atoms. The zero-order valence-corrected chi connectivity index (χ0v) is 8.82. The van der Waals surface area contributed by atoms with Crippen molar-refractivity contribution in [1.29, 1.82) is 0 Å². The van der Waals surface area contributed by atoms with Crippen molar-refractivity contribution in [2.24, 2.45) is 0 Å². The van der Waals surface area contributed by atoms with Crippen LogP contribution in [0.25, 0.3) is 10.8 Å². The number of hydrogen-bond donors (Lipinski definition) is 0. The zero-order valence-electron chi connectivity index (χ0n) is 8.82. The minimum absolute atomic E-state index is 1.07. The lowest BCUT2D eigenvalue weighted by molar-refractivity contribution is 1.00. The largest absolute Gasteiger partial charge is 0.0882 e. The van der Waals surface area contributed by atoms with Crippen molar-refractivity contribution in [3.63, 3.8) is 0 Å². The third kappa shape index (κ3) is 2.47. The van der Waals surface area contributed by atoms with Crippen molar-refractivity contribution in [1.82, 2.24) is 0 Å². The molecule has 0 heterocycles. The first-order valence-electron chi connectivity index (χ1n) is 5.32. The first-order valence-corrected chi connectivity index (χ1v) is 5.32. The van der Waals surface area contributed by atoms with Crippen LogP contribution in [-0.4, -0.2) is 0 Å². The highest BCUT2D eigenvalue weighted by Gasteiger charge is 1.94. The molecule has 0 aromatic heterocycles. The molecule has 0 aliphatic heterocycles. The van der Waals surface area contributed by atoms with Crippen molar-refractivity contribution in [2.45, 2.75) is 12.8 Å². The van der Waals surface area contributed by atoms with E-state index in [4.69, 9.17) is 0 Å². The zero-order chi connectivity index (χ0) is 10.5. The summed E-state index contributed by atoms with van der Waals surface area (Å²) in [4.78, 5) is 0. The van der Waals surface area contributed by atoms with Crippen LogP contribution in [0, 0.1) is 6.92 Å². The van der Waals surface area contributed by atoms with Crippen molar-refractivity contribution < 1.29 is 0 Å². The van der Waals surface area contributed by atoms with Crippen molar-refractivity contribution in [3.05, 3.63) is 67.1 Å². The number of hydrogen-bond acceptors (Lipinski definition) is 0. The van der Waals surface area contributed by atoms with E-state index in [0.717, 1.165) is 12.8 Å². The van der Waals surface area contributed by atoms with E-state index in [2.05, 4.69) is 55.5 Å². The van der Waals surface area contributed by atoms with Gasteiger partial charge in [0.25, 0.3) is 0 Å². The summed E-state index contributed by atoms with van der Waals surface area (Å²) < 4.78 is 0. The lowest BCUT2D eigenvalue weighted by atomic mass is 10.0. The summed E-state index contributed by atoms with van der Waals surface area (Å²) in [6.07, 6.45) is 6.13. The maximum absolute atomic E-state index is 3.69. The van der Waals surface area contributed by atoms with E-state index >= 15 is 0 Å². The molecule has 2 aromatic carbocycles. The van der Waals surface area contributed by atoms with E-state index in [-0.39, 0.29) is 0 Å². The molecule has 0 saturated carbocycles. The SMILES string of the molecule is [CH2]/C=C/CCc1ccc2ccccc2c1. The fourth-order valence-corrected chi connectivity index (χ4v) is 1.76. The van der Waals surface area contributed by atoms with E-state index in [0.29, 0.717) is 0 Å². The second-order valence-electron chi connectivity index (χ2n) is 3.69. The molecule has 0 saturated heterocycles. The van der Waals surface area contributed by atoms with Crippen LogP contribution >= 0.6 is 0 Å². The summed E-state index contributed by atoms with van der Waals surface area (Å²) >= 11 is 0. The van der Waals surface area contributed by atoms with Gasteiger partial charge in [-0.2, -0.15) is 0 Å². The Bertz CT molecular complexity index is 466. The third-order valence-corrected chi connectivity index (χ3v) is 2.58. The summed E-state index contributed by atoms with van der Waals surface area (Å²) in [5, 5.41) is 2.64. The van der Waals surface area contributed by atoms with Gasteiger partial charge in [-0.05, 0) is 36.1 Å². The minimum atomic E-state index is 1.07. The Morgan fingerprint density at radius 2 is 1.80 bits per heavy atom. The molecule has 0 fully saturated rings. The van der Waals surface area contributed by atoms with Crippen LogP contribution in [0.5, 0.6) is 0 Å². The van der Waals surface area contributed by atoms with Gasteiger partial charge >= 0.3 is 0 Å². The molecule has 0 atom stereocenters. The molecule has 0 N–H and O–H groups in total. The smallest absolute Gasteiger partial charge is 0.0181 e. The van der Waals surface area contributed by atoms with E-state index in [1.165, 1.54) is 16.3 Å². The molecule has 0 aliphatic rings. The molecule has 2 rings (SSSR count). The van der Waals surface area contributed by atoms with Gasteiger partial charge in [0.05, 0.1) is 0 Å². The first-order chi connectivity index (χ1) is 7.40. The maximum atomic E-state index is 3.69. The Kier molecular flexibility index (Phi) is 3.18. The molecule has 0 heteroatoms. The predicted octanol–water partition coefficient (Wildman–Crippen LogP) is 4.16. The van der Waals surface area contributed by atoms with Crippen LogP contribution in [0.4, 0.5) is 0 Å². The fraction of sp³-hybridized carbons (Fsp3) is 0.133. The molecule has 15 heavy (non-hydrogen) atoms. The lowest BCUT2D eigenvalue weighted by Gasteiger charge is -2.01. The second kappa shape index (κ2) is 4.79. The summed E-state index contributed by atoms with van der Waals surface area (Å²) in [5.41, 5.74) is 1.40. The number of allylic oxidation sites excluding steroid dienone is 2. The van der Waals surface area contributed by atoms with E-state index < -0.39 is 0 Å². The third-order valence-electron chi connectivity index (χ3n) is 2.58. The Balaban J connectivity index is 2.23. The number of fused-ring (bicyclic) bond motifs is 1. The molecule has 1 radical (unpaired) electrons. The van der Waals surface area contributed by atoms with E-state index in [9.17, 15) is 0 Å². The van der Waals surface area contributed by atoms with Gasteiger partial charge in [0.1, 0.15) is 0 Å². The highest BCUT2D eigenvalue weighted by molar-refractivity contribution is 5.82. The van der Waals surface area contributed by atoms with Crippen LogP contribution in [0.1, 0.15) is 12.0 Å². The molecule has 0 nitrogen and oxygen atoms in total. The standard InChI is InChI=1S/C15H15/c1-2-3-4-7-13-10-11-14-8-5-6-9-15(14)12-13/h2-3,5-6,8-12H,1,4,7H2/b3-2+. The van der Waals surface area contributed by atoms with Gasteiger partial charge in [0.15, 0.2) is 0 Å². The number of aryl methyl sites for hydroxylation is 1. The molecule has 75 valence electrons. The van der Waals surface area contributed by atoms with Gasteiger partial charge in [0, 0.05) is 0 Å². The fourth-order valence-electron chi connectivity index (χ4n) is 1.76. The number of benzene rings is 2. The van der Waals surface area contributed by atoms with Crippen LogP contribution in [-0.2, 0) is 6.42 Å². The predicted molar refractivity (Wildman–Crippen MR) is 66.8 cm³/mol. The monoisotopic (exact) mass is 195 g/mol. The van der Waals surface area contributed by atoms with Crippen LogP contribution in [0.3, 0.4) is 0 Å². The Hall–Kier alpha value is -1.56. The highest BCUT2D eigenvalue weighted by Crippen LogP contribution is 2.16. The minimum Gasteiger partial charge on any atom is -0.0882 e. The normalized spacial score (nSPS) is 11.3. The summed E-state index contributed by atoms with van der Waals surface area (Å²) in [5.74, 6) is 0. The molecule has 0 aliphatic carbocycles. The van der Waals surface area contributed by atoms with Gasteiger partial charge in [-0.25, -0.2) is 0 Å². The highest BCUT2D eigenvalue weighted by atomic mass is 14.0. The molecule has 0 amide bonds. The van der Waals surface area contributed by atoms with Crippen LogP contribution in [0.2, 0.25) is 0 Å². The van der Waals surface area contributed by atoms with Crippen LogP contribution < -0.4 is 0 Å². The van der Waals surface area contributed by atoms with Gasteiger partial charge in [-0.15, -0.1) is 0 Å². The van der Waals surface area contributed by atoms with Gasteiger partial charge in [-0.3, -0.25) is 0 Å². The average molecular weight is 195 g/mol. The summed E-state index contributed by atoms with van der Waals surface area (Å²) in [7, 11) is 0. The van der Waals surface area contributed by atoms with Crippen molar-refractivity contribution >= 4 is 10.8 Å². The maximum Gasteiger partial charge on any atom is -0.0181 e. The van der Waals surface area contributed by atoms with Crippen molar-refractivity contribution in [2.75, 3.05) is 0 Å². The lowest BCUT2D eigenvalue weighted by Crippen LogP contribution is -1.83. The second-order valence-corrected chi connectivity index (χ2v) is 3.69. The molecular weight excluding hydrogens is 180 g/mol. The quantitative estimate of drug-likeness (QED) is 0.689. The first kappa shape index (κ1) is 9.97. The Morgan fingerprint density at radius 1 is 1.00 bits per heavy atom. The molecule has 0 bridgehead atoms. The van der Waals surface area contributed by atoms with E-state index in [1.54, 1.807) is 0 Å². The topological polar surface area (TPSA) is 0 Å². The summed E-state index contributed by atoms with van der Waals surface area (Å²) in [6.45, 7) is 3.69. The summed E-state index contributed by atoms with van der Waals surface area (Å²) in [6, 6.07) is 15.1. The molecule has 2 aromatic rings. The Labute approximate surface area is 91.2 Å². The molecule has 0 unspecified atom stereocenters. The van der Waals surface area contributed by atoms with Gasteiger partial charge in [-0.1, -0.05) is 54.6 Å². The van der Waals surface area contributed by atoms with E-state index in [1.807, 2.05) is 6.08 Å². The Morgan fingerprint density at radius 3 is 2.60 bits per heavy atom. The van der Waals surface area contributed by atoms with Crippen molar-refractivity contribution in [3.8, 4) is 0 Å². The van der Waals surface area contributed by atoms with Gasteiger partial charge in [0.2, 0.25) is 0 Å². The van der Waals surface area contributed by atoms with Crippen LogP contribution in [0.15, 0.2) is 54.6 Å². The average Bonchev–Trinajstić information content (AvgIpc) is 2.29. The molecular formula is C15H15.